The van der Waals surface area contributed by atoms with Gasteiger partial charge in [-0.25, -0.2) is 8.42 Å². The number of unbranched alkanes of at least 4 members (excludes halogenated alkanes) is 2. The lowest BCUT2D eigenvalue weighted by Crippen LogP contribution is -2.44. The molecule has 5 rings (SSSR count). The molecule has 4 aromatic rings. The van der Waals surface area contributed by atoms with E-state index >= 15 is 0 Å². The largest absolute Gasteiger partial charge is 0.384 e. The molecule has 1 fully saturated rings. The van der Waals surface area contributed by atoms with Gasteiger partial charge in [0.15, 0.2) is 0 Å². The van der Waals surface area contributed by atoms with Crippen molar-refractivity contribution in [3.05, 3.63) is 100 Å². The van der Waals surface area contributed by atoms with Gasteiger partial charge in [0, 0.05) is 29.8 Å². The Morgan fingerprint density at radius 2 is 1.64 bits per heavy atom. The van der Waals surface area contributed by atoms with Crippen molar-refractivity contribution in [3.8, 4) is 11.1 Å². The molecule has 44 heavy (non-hydrogen) atoms. The van der Waals surface area contributed by atoms with Gasteiger partial charge >= 0.3 is 0 Å². The Balaban J connectivity index is 1.43. The number of hydrogen-bond donors (Lipinski definition) is 3. The maximum absolute atomic E-state index is 14.0. The zero-order chi connectivity index (χ0) is 31.3. The summed E-state index contributed by atoms with van der Waals surface area (Å²) in [7, 11) is -3.66. The zero-order valence-corrected chi connectivity index (χ0v) is 26.4. The summed E-state index contributed by atoms with van der Waals surface area (Å²) in [4.78, 5) is 16.6. The number of nitrogens with zero attached hydrogens (tertiary/aromatic N) is 2. The molecule has 8 nitrogen and oxygen atoms in total. The Kier molecular flexibility index (Phi) is 9.86. The normalized spacial score (nSPS) is 17.5. The molecule has 1 aliphatic heterocycles. The second-order valence-corrected chi connectivity index (χ2v) is 13.8. The molecular weight excluding hydrogens is 570 g/mol. The Morgan fingerprint density at radius 1 is 0.909 bits per heavy atom. The summed E-state index contributed by atoms with van der Waals surface area (Å²) in [5.41, 5.74) is 9.15. The van der Waals surface area contributed by atoms with Crippen molar-refractivity contribution in [1.29, 1.82) is 5.41 Å². The molecule has 0 unspecified atom stereocenters. The summed E-state index contributed by atoms with van der Waals surface area (Å²) in [6, 6.07) is 24.6. The van der Waals surface area contributed by atoms with Gasteiger partial charge in [-0.2, -0.15) is 0 Å². The van der Waals surface area contributed by atoms with Crippen LogP contribution in [0, 0.1) is 5.41 Å². The van der Waals surface area contributed by atoms with E-state index in [0.29, 0.717) is 52.1 Å². The molecule has 9 heteroatoms. The third-order valence-electron chi connectivity index (χ3n) is 8.73. The molecule has 1 saturated heterocycles. The quantitative estimate of drug-likeness (QED) is 0.0980. The Bertz CT molecular complexity index is 1780. The van der Waals surface area contributed by atoms with Gasteiger partial charge < -0.3 is 10.3 Å². The Labute approximate surface area is 260 Å². The SMILES string of the molecule is C[C@@H]1CCC[C@H](C)N1CCCCCn1c(=O)c(-c2cccc(C(=N)N)c2)cc2ccc(NS(=O)(=O)Cc3ccccc3)cc21. The predicted octanol–water partition coefficient (Wildman–Crippen LogP) is 6.33. The molecule has 1 aromatic heterocycles. The van der Waals surface area contributed by atoms with Gasteiger partial charge in [0.1, 0.15) is 5.84 Å². The molecule has 2 heterocycles. The molecule has 0 aliphatic carbocycles. The lowest BCUT2D eigenvalue weighted by Gasteiger charge is -2.39. The van der Waals surface area contributed by atoms with Crippen LogP contribution in [0.25, 0.3) is 22.0 Å². The smallest absolute Gasteiger partial charge is 0.258 e. The molecule has 0 spiro atoms. The number of rotatable bonds is 12. The third kappa shape index (κ3) is 7.57. The van der Waals surface area contributed by atoms with Crippen molar-refractivity contribution in [2.45, 2.75) is 76.8 Å². The van der Waals surface area contributed by atoms with Crippen molar-refractivity contribution in [2.24, 2.45) is 5.73 Å². The number of fused-ring (bicyclic) bond motifs is 1. The second-order valence-electron chi connectivity index (χ2n) is 12.1. The first-order valence-electron chi connectivity index (χ1n) is 15.5. The van der Waals surface area contributed by atoms with Crippen LogP contribution in [0.5, 0.6) is 0 Å². The van der Waals surface area contributed by atoms with Gasteiger partial charge in [-0.05, 0) is 86.9 Å². The Morgan fingerprint density at radius 3 is 2.36 bits per heavy atom. The standard InChI is InChI=1S/C35H43N5O3S/c1-25-11-9-12-26(2)39(25)19-7-4-8-20-40-33-23-31(38-44(42,43)24-27-13-5-3-6-14-27)18-17-29(33)22-32(35(40)41)28-15-10-16-30(21-28)34(36)37/h3,5-6,10,13-18,21-23,25-26,38H,4,7-9,11-12,19-20,24H2,1-2H3,(H3,36,37)/t25-,26+. The van der Waals surface area contributed by atoms with Crippen LogP contribution in [0.3, 0.4) is 0 Å². The number of amidine groups is 1. The third-order valence-corrected chi connectivity index (χ3v) is 9.99. The van der Waals surface area contributed by atoms with E-state index in [1.54, 1.807) is 47.0 Å². The maximum atomic E-state index is 14.0. The number of anilines is 1. The molecule has 232 valence electrons. The van der Waals surface area contributed by atoms with E-state index in [-0.39, 0.29) is 17.1 Å². The summed E-state index contributed by atoms with van der Waals surface area (Å²) < 4.78 is 30.5. The van der Waals surface area contributed by atoms with Crippen LogP contribution in [-0.4, -0.2) is 42.3 Å². The van der Waals surface area contributed by atoms with Crippen LogP contribution < -0.4 is 16.0 Å². The number of sulfonamides is 1. The maximum Gasteiger partial charge on any atom is 0.258 e. The summed E-state index contributed by atoms with van der Waals surface area (Å²) in [6.07, 6.45) is 6.67. The van der Waals surface area contributed by atoms with Crippen LogP contribution in [-0.2, 0) is 22.3 Å². The average molecular weight is 614 g/mol. The summed E-state index contributed by atoms with van der Waals surface area (Å²) >= 11 is 0. The number of nitrogens with two attached hydrogens (primary N) is 1. The van der Waals surface area contributed by atoms with Crippen molar-refractivity contribution < 1.29 is 8.42 Å². The molecule has 3 aromatic carbocycles. The molecule has 4 N–H and O–H groups in total. The fourth-order valence-electron chi connectivity index (χ4n) is 6.38. The zero-order valence-electron chi connectivity index (χ0n) is 25.6. The summed E-state index contributed by atoms with van der Waals surface area (Å²) in [5.74, 6) is -0.198. The van der Waals surface area contributed by atoms with E-state index in [2.05, 4.69) is 23.5 Å². The van der Waals surface area contributed by atoms with Crippen molar-refractivity contribution in [2.75, 3.05) is 11.3 Å². The fraction of sp³-hybridized carbons (Fsp3) is 0.371. The minimum atomic E-state index is -3.66. The number of aromatic nitrogens is 1. The van der Waals surface area contributed by atoms with Crippen LogP contribution >= 0.6 is 0 Å². The molecule has 0 radical (unpaired) electrons. The number of pyridine rings is 1. The predicted molar refractivity (Wildman–Crippen MR) is 181 cm³/mol. The van der Waals surface area contributed by atoms with Crippen molar-refractivity contribution in [1.82, 2.24) is 9.47 Å². The van der Waals surface area contributed by atoms with Crippen molar-refractivity contribution in [3.63, 3.8) is 0 Å². The lowest BCUT2D eigenvalue weighted by molar-refractivity contribution is 0.101. The van der Waals surface area contributed by atoms with Gasteiger partial charge in [0.05, 0.1) is 17.0 Å². The highest BCUT2D eigenvalue weighted by atomic mass is 32.2. The monoisotopic (exact) mass is 613 g/mol. The number of hydrogen-bond acceptors (Lipinski definition) is 5. The molecule has 1 aliphatic rings. The first-order chi connectivity index (χ1) is 21.1. The molecule has 0 saturated carbocycles. The second kappa shape index (κ2) is 13.8. The minimum Gasteiger partial charge on any atom is -0.384 e. The minimum absolute atomic E-state index is 0.0577. The first kappa shape index (κ1) is 31.5. The van der Waals surface area contributed by atoms with Gasteiger partial charge in [-0.15, -0.1) is 0 Å². The highest BCUT2D eigenvalue weighted by Gasteiger charge is 2.23. The topological polar surface area (TPSA) is 121 Å². The van der Waals surface area contributed by atoms with Crippen LogP contribution in [0.4, 0.5) is 5.69 Å². The summed E-state index contributed by atoms with van der Waals surface area (Å²) in [6.45, 7) is 6.21. The van der Waals surface area contributed by atoms with E-state index in [4.69, 9.17) is 11.1 Å². The van der Waals surface area contributed by atoms with Gasteiger partial charge in [-0.3, -0.25) is 19.8 Å². The van der Waals surface area contributed by atoms with Crippen molar-refractivity contribution >= 4 is 32.4 Å². The van der Waals surface area contributed by atoms with Gasteiger partial charge in [0.25, 0.3) is 5.56 Å². The number of nitrogen functional groups attached to an aromatic ring is 1. The van der Waals surface area contributed by atoms with Crippen LogP contribution in [0.1, 0.15) is 63.5 Å². The van der Waals surface area contributed by atoms with Gasteiger partial charge in [-0.1, -0.05) is 67.4 Å². The molecule has 0 bridgehead atoms. The van der Waals surface area contributed by atoms with E-state index in [1.807, 2.05) is 36.4 Å². The number of benzene rings is 3. The first-order valence-corrected chi connectivity index (χ1v) is 17.2. The fourth-order valence-corrected chi connectivity index (χ4v) is 7.57. The van der Waals surface area contributed by atoms with E-state index in [0.717, 1.165) is 31.2 Å². The number of piperidine rings is 1. The van der Waals surface area contributed by atoms with Crippen LogP contribution in [0.15, 0.2) is 83.7 Å². The summed E-state index contributed by atoms with van der Waals surface area (Å²) in [5, 5.41) is 8.68. The molecule has 2 atom stereocenters. The molecular formula is C35H43N5O3S. The lowest BCUT2D eigenvalue weighted by atomic mass is 9.97. The van der Waals surface area contributed by atoms with E-state index < -0.39 is 10.0 Å². The molecule has 0 amide bonds. The number of likely N-dealkylation sites (tertiary alicyclic amines) is 1. The van der Waals surface area contributed by atoms with Crippen LogP contribution in [0.2, 0.25) is 0 Å². The van der Waals surface area contributed by atoms with Gasteiger partial charge in [0.2, 0.25) is 10.0 Å². The highest BCUT2D eigenvalue weighted by molar-refractivity contribution is 7.91. The van der Waals surface area contributed by atoms with E-state index in [9.17, 15) is 13.2 Å². The number of aryl methyl sites for hydroxylation is 1. The number of nitrogens with one attached hydrogen (secondary N) is 2. The average Bonchev–Trinajstić information content (AvgIpc) is 2.99. The van der Waals surface area contributed by atoms with E-state index in [1.165, 1.54) is 19.3 Å². The Hall–Kier alpha value is -3.95. The highest BCUT2D eigenvalue weighted by Crippen LogP contribution is 2.26.